The van der Waals surface area contributed by atoms with Crippen molar-refractivity contribution in [3.63, 3.8) is 0 Å². The second-order valence-electron chi connectivity index (χ2n) is 5.19. The van der Waals surface area contributed by atoms with Gasteiger partial charge in [-0.2, -0.15) is 4.31 Å². The van der Waals surface area contributed by atoms with Crippen LogP contribution >= 0.6 is 11.6 Å². The molecule has 0 aliphatic carbocycles. The molecule has 1 amide bonds. The van der Waals surface area contributed by atoms with Crippen molar-refractivity contribution in [1.29, 1.82) is 0 Å². The summed E-state index contributed by atoms with van der Waals surface area (Å²) >= 11 is 6.07. The maximum atomic E-state index is 12.7. The number of nitrogens with two attached hydrogens (primary N) is 1. The molecule has 0 radical (unpaired) electrons. The fourth-order valence-electron chi connectivity index (χ4n) is 2.29. The minimum Gasteiger partial charge on any atom is -0.467 e. The number of hydrogen-bond donors (Lipinski definition) is 2. The number of nitrogens with one attached hydrogen (secondary N) is 1. The van der Waals surface area contributed by atoms with Crippen molar-refractivity contribution < 1.29 is 17.6 Å². The van der Waals surface area contributed by atoms with Crippen LogP contribution < -0.4 is 11.1 Å². The number of nitrogens with zero attached hydrogens (tertiary/aromatic N) is 1. The van der Waals surface area contributed by atoms with Gasteiger partial charge in [0.25, 0.3) is 5.91 Å². The second-order valence-corrected chi connectivity index (χ2v) is 7.51. The number of amides is 1. The van der Waals surface area contributed by atoms with E-state index in [-0.39, 0.29) is 16.5 Å². The molecule has 7 nitrogen and oxygen atoms in total. The summed E-state index contributed by atoms with van der Waals surface area (Å²) in [5, 5.41) is 2.72. The van der Waals surface area contributed by atoms with Crippen molar-refractivity contribution in [2.75, 3.05) is 18.4 Å². The first kappa shape index (κ1) is 19.5. The van der Waals surface area contributed by atoms with E-state index in [9.17, 15) is 13.2 Å². The number of rotatable bonds is 7. The van der Waals surface area contributed by atoms with Gasteiger partial charge in [0, 0.05) is 18.8 Å². The van der Waals surface area contributed by atoms with Crippen LogP contribution in [0.3, 0.4) is 0 Å². The van der Waals surface area contributed by atoms with Gasteiger partial charge in [-0.3, -0.25) is 4.79 Å². The molecule has 2 rings (SSSR count). The quantitative estimate of drug-likeness (QED) is 0.762. The van der Waals surface area contributed by atoms with Crippen molar-refractivity contribution >= 4 is 33.2 Å². The highest BCUT2D eigenvalue weighted by Gasteiger charge is 2.25. The summed E-state index contributed by atoms with van der Waals surface area (Å²) in [7, 11) is -3.74. The number of halogens is 1. The van der Waals surface area contributed by atoms with Crippen LogP contribution in [0.25, 0.3) is 0 Å². The summed E-state index contributed by atoms with van der Waals surface area (Å²) in [6.45, 7) is 4.31. The zero-order chi connectivity index (χ0) is 18.6. The molecule has 1 aromatic heterocycles. The number of benzene rings is 1. The van der Waals surface area contributed by atoms with Crippen LogP contribution in [-0.4, -0.2) is 31.7 Å². The Balaban J connectivity index is 2.31. The first-order valence-corrected chi connectivity index (χ1v) is 9.53. The highest BCUT2D eigenvalue weighted by molar-refractivity contribution is 7.89. The Morgan fingerprint density at radius 1 is 1.28 bits per heavy atom. The first-order chi connectivity index (χ1) is 11.8. The van der Waals surface area contributed by atoms with Gasteiger partial charge in [-0.25, -0.2) is 8.42 Å². The van der Waals surface area contributed by atoms with Crippen LogP contribution in [0.15, 0.2) is 39.8 Å². The lowest BCUT2D eigenvalue weighted by Gasteiger charge is -2.19. The number of hydrogen-bond acceptors (Lipinski definition) is 5. The maximum absolute atomic E-state index is 12.7. The molecule has 25 heavy (non-hydrogen) atoms. The molecule has 0 spiro atoms. The Kier molecular flexibility index (Phi) is 6.23. The monoisotopic (exact) mass is 385 g/mol. The van der Waals surface area contributed by atoms with Crippen LogP contribution in [0.4, 0.5) is 5.69 Å². The van der Waals surface area contributed by atoms with Crippen LogP contribution in [0, 0.1) is 0 Å². The maximum Gasteiger partial charge on any atom is 0.258 e. The Bertz CT molecular complexity index is 860. The fraction of sp³-hybridized carbons (Fsp3) is 0.312. The normalized spacial score (nSPS) is 11.7. The summed E-state index contributed by atoms with van der Waals surface area (Å²) in [5.41, 5.74) is 6.05. The van der Waals surface area contributed by atoms with Gasteiger partial charge in [0.05, 0.1) is 17.1 Å². The van der Waals surface area contributed by atoms with Gasteiger partial charge in [-0.1, -0.05) is 25.4 Å². The molecule has 0 saturated heterocycles. The fourth-order valence-corrected chi connectivity index (χ4v) is 4.25. The summed E-state index contributed by atoms with van der Waals surface area (Å²) in [6, 6.07) is 5.84. The summed E-state index contributed by atoms with van der Waals surface area (Å²) in [6.07, 6.45) is 1.29. The lowest BCUT2D eigenvalue weighted by molar-refractivity contribution is 0.102. The Labute approximate surface area is 151 Å². The van der Waals surface area contributed by atoms with Crippen molar-refractivity contribution in [2.45, 2.75) is 25.3 Å². The van der Waals surface area contributed by atoms with Crippen molar-refractivity contribution in [1.82, 2.24) is 4.31 Å². The molecule has 2 aromatic rings. The molecule has 0 bridgehead atoms. The first-order valence-electron chi connectivity index (χ1n) is 7.72. The minimum absolute atomic E-state index is 0.0505. The van der Waals surface area contributed by atoms with Gasteiger partial charge in [-0.05, 0) is 24.3 Å². The number of carbonyl (C=O) groups excluding carboxylic acids is 1. The van der Waals surface area contributed by atoms with E-state index in [1.807, 2.05) is 0 Å². The average Bonchev–Trinajstić information content (AvgIpc) is 3.06. The van der Waals surface area contributed by atoms with E-state index in [0.29, 0.717) is 30.1 Å². The summed E-state index contributed by atoms with van der Waals surface area (Å²) in [4.78, 5) is 12.2. The van der Waals surface area contributed by atoms with Gasteiger partial charge in [0.2, 0.25) is 10.0 Å². The van der Waals surface area contributed by atoms with E-state index in [1.165, 1.54) is 34.8 Å². The Morgan fingerprint density at radius 2 is 1.96 bits per heavy atom. The van der Waals surface area contributed by atoms with Crippen molar-refractivity contribution in [2.24, 2.45) is 5.73 Å². The molecule has 136 valence electrons. The Hall–Kier alpha value is -1.87. The highest BCUT2D eigenvalue weighted by atomic mass is 35.5. The lowest BCUT2D eigenvalue weighted by Crippen LogP contribution is -2.30. The molecule has 0 atom stereocenters. The largest absolute Gasteiger partial charge is 0.467 e. The van der Waals surface area contributed by atoms with Gasteiger partial charge >= 0.3 is 0 Å². The van der Waals surface area contributed by atoms with Crippen LogP contribution in [0.5, 0.6) is 0 Å². The second kappa shape index (κ2) is 8.01. The minimum atomic E-state index is -3.74. The molecule has 0 unspecified atom stereocenters. The molecule has 3 N–H and O–H groups in total. The third kappa shape index (κ3) is 4.21. The molecule has 0 aliphatic heterocycles. The molecule has 0 aliphatic rings. The topological polar surface area (TPSA) is 106 Å². The van der Waals surface area contributed by atoms with Gasteiger partial charge in [0.1, 0.15) is 16.9 Å². The number of sulfonamides is 1. The van der Waals surface area contributed by atoms with E-state index in [0.717, 1.165) is 0 Å². The zero-order valence-corrected chi connectivity index (χ0v) is 15.5. The zero-order valence-electron chi connectivity index (χ0n) is 14.0. The van der Waals surface area contributed by atoms with Crippen LogP contribution in [0.2, 0.25) is 5.02 Å². The predicted molar refractivity (Wildman–Crippen MR) is 96.1 cm³/mol. The van der Waals surface area contributed by atoms with E-state index in [4.69, 9.17) is 21.8 Å². The Morgan fingerprint density at radius 3 is 2.52 bits per heavy atom. The van der Waals surface area contributed by atoms with E-state index < -0.39 is 15.9 Å². The van der Waals surface area contributed by atoms with E-state index in [1.54, 1.807) is 13.8 Å². The van der Waals surface area contributed by atoms with Gasteiger partial charge < -0.3 is 15.5 Å². The molecule has 0 saturated carbocycles. The van der Waals surface area contributed by atoms with Crippen LogP contribution in [0.1, 0.15) is 30.0 Å². The van der Waals surface area contributed by atoms with Crippen LogP contribution in [-0.2, 0) is 16.6 Å². The highest BCUT2D eigenvalue weighted by Crippen LogP contribution is 2.28. The predicted octanol–water partition coefficient (Wildman–Crippen LogP) is 2.67. The average molecular weight is 386 g/mol. The third-order valence-electron chi connectivity index (χ3n) is 3.63. The molecule has 1 aromatic carbocycles. The number of furan rings is 1. The number of anilines is 1. The number of carbonyl (C=O) groups is 1. The SMILES string of the molecule is CCN(CC)S(=O)(=O)c1cc(NC(=O)c2coc(CN)c2)ccc1Cl. The van der Waals surface area contributed by atoms with Gasteiger partial charge in [0.15, 0.2) is 0 Å². The smallest absolute Gasteiger partial charge is 0.258 e. The third-order valence-corrected chi connectivity index (χ3v) is 6.16. The molecule has 1 heterocycles. The van der Waals surface area contributed by atoms with E-state index in [2.05, 4.69) is 5.32 Å². The van der Waals surface area contributed by atoms with Gasteiger partial charge in [-0.15, -0.1) is 0 Å². The summed E-state index contributed by atoms with van der Waals surface area (Å²) in [5.74, 6) is 0.0445. The standard InChI is InChI=1S/C16H20ClN3O4S/c1-3-20(4-2)25(22,23)15-8-12(5-6-14(15)17)19-16(21)11-7-13(9-18)24-10-11/h5-8,10H,3-4,9,18H2,1-2H3,(H,19,21). The lowest BCUT2D eigenvalue weighted by atomic mass is 10.2. The molecular formula is C16H20ClN3O4S. The van der Waals surface area contributed by atoms with E-state index >= 15 is 0 Å². The molecule has 0 fully saturated rings. The van der Waals surface area contributed by atoms with Crippen molar-refractivity contribution in [3.8, 4) is 0 Å². The summed E-state index contributed by atoms with van der Waals surface area (Å²) < 4.78 is 31.7. The molecular weight excluding hydrogens is 366 g/mol. The van der Waals surface area contributed by atoms with Crippen molar-refractivity contribution in [3.05, 3.63) is 46.9 Å². The molecule has 9 heteroatoms.